The van der Waals surface area contributed by atoms with E-state index >= 15 is 0 Å². The van der Waals surface area contributed by atoms with Crippen LogP contribution < -0.4 is 16.0 Å². The zero-order valence-corrected chi connectivity index (χ0v) is 15.6. The SMILES string of the molecule is O=C(Nc1ccc(NC(=S)Nc2cccc(CO)c2)cc1)c1ccccc1F. The van der Waals surface area contributed by atoms with E-state index in [-0.39, 0.29) is 12.2 Å². The number of carbonyl (C=O) groups excluding carboxylic acids is 1. The number of halogens is 1. The van der Waals surface area contributed by atoms with Gasteiger partial charge in [0.2, 0.25) is 0 Å². The van der Waals surface area contributed by atoms with Crippen LogP contribution in [-0.2, 0) is 6.61 Å². The van der Waals surface area contributed by atoms with E-state index in [1.54, 1.807) is 36.4 Å². The highest BCUT2D eigenvalue weighted by molar-refractivity contribution is 7.80. The van der Waals surface area contributed by atoms with Crippen molar-refractivity contribution in [2.24, 2.45) is 0 Å². The lowest BCUT2D eigenvalue weighted by Gasteiger charge is -2.12. The quantitative estimate of drug-likeness (QED) is 0.483. The number of carbonyl (C=O) groups is 1. The third-order valence-corrected chi connectivity index (χ3v) is 4.09. The molecule has 7 heteroatoms. The molecule has 0 heterocycles. The maximum absolute atomic E-state index is 13.7. The van der Waals surface area contributed by atoms with Gasteiger partial charge in [0.1, 0.15) is 5.82 Å². The third kappa shape index (κ3) is 5.12. The van der Waals surface area contributed by atoms with Crippen molar-refractivity contribution in [3.05, 3.63) is 89.7 Å². The Hall–Kier alpha value is -3.29. The highest BCUT2D eigenvalue weighted by Crippen LogP contribution is 2.17. The van der Waals surface area contributed by atoms with Gasteiger partial charge in [-0.25, -0.2) is 4.39 Å². The summed E-state index contributed by atoms with van der Waals surface area (Å²) in [6.45, 7) is -0.0459. The molecule has 0 saturated heterocycles. The van der Waals surface area contributed by atoms with E-state index in [0.717, 1.165) is 16.9 Å². The number of amides is 1. The number of thiocarbonyl (C=S) groups is 1. The van der Waals surface area contributed by atoms with E-state index < -0.39 is 11.7 Å². The Morgan fingerprint density at radius 1 is 0.857 bits per heavy atom. The summed E-state index contributed by atoms with van der Waals surface area (Å²) in [4.78, 5) is 12.1. The summed E-state index contributed by atoms with van der Waals surface area (Å²) in [5, 5.41) is 18.3. The van der Waals surface area contributed by atoms with Crippen molar-refractivity contribution >= 4 is 40.3 Å². The van der Waals surface area contributed by atoms with Gasteiger partial charge in [-0.1, -0.05) is 24.3 Å². The second-order valence-corrected chi connectivity index (χ2v) is 6.36. The summed E-state index contributed by atoms with van der Waals surface area (Å²) in [6, 6.07) is 20.0. The number of anilines is 3. The second-order valence-electron chi connectivity index (χ2n) is 5.95. The summed E-state index contributed by atoms with van der Waals surface area (Å²) < 4.78 is 13.7. The Bertz CT molecular complexity index is 993. The molecule has 0 spiro atoms. The molecule has 3 aromatic rings. The number of hydrogen-bond donors (Lipinski definition) is 4. The molecule has 0 saturated carbocycles. The molecule has 3 aromatic carbocycles. The molecule has 0 atom stereocenters. The van der Waals surface area contributed by atoms with Crippen LogP contribution in [0.1, 0.15) is 15.9 Å². The Labute approximate surface area is 167 Å². The van der Waals surface area contributed by atoms with Gasteiger partial charge in [0.15, 0.2) is 5.11 Å². The molecule has 0 bridgehead atoms. The van der Waals surface area contributed by atoms with Gasteiger partial charge in [-0.15, -0.1) is 0 Å². The van der Waals surface area contributed by atoms with Crippen molar-refractivity contribution in [3.8, 4) is 0 Å². The number of rotatable bonds is 5. The molecule has 0 aliphatic rings. The van der Waals surface area contributed by atoms with Crippen LogP contribution in [0.2, 0.25) is 0 Å². The first-order valence-corrected chi connectivity index (χ1v) is 8.90. The van der Waals surface area contributed by atoms with Crippen LogP contribution in [0.4, 0.5) is 21.5 Å². The second kappa shape index (κ2) is 9.07. The van der Waals surface area contributed by atoms with Crippen molar-refractivity contribution in [1.29, 1.82) is 0 Å². The van der Waals surface area contributed by atoms with E-state index in [2.05, 4.69) is 16.0 Å². The molecule has 142 valence electrons. The van der Waals surface area contributed by atoms with Crippen LogP contribution in [0.15, 0.2) is 72.8 Å². The summed E-state index contributed by atoms with van der Waals surface area (Å²) in [7, 11) is 0. The average molecular weight is 395 g/mol. The topological polar surface area (TPSA) is 73.4 Å². The van der Waals surface area contributed by atoms with Gasteiger partial charge in [0, 0.05) is 17.1 Å². The summed E-state index contributed by atoms with van der Waals surface area (Å²) >= 11 is 5.28. The van der Waals surface area contributed by atoms with Crippen molar-refractivity contribution < 1.29 is 14.3 Å². The normalized spacial score (nSPS) is 10.2. The van der Waals surface area contributed by atoms with E-state index in [0.29, 0.717) is 10.8 Å². The Kier molecular flexibility index (Phi) is 6.31. The number of benzene rings is 3. The monoisotopic (exact) mass is 395 g/mol. The highest BCUT2D eigenvalue weighted by atomic mass is 32.1. The van der Waals surface area contributed by atoms with Gasteiger partial charge in [0.25, 0.3) is 5.91 Å². The van der Waals surface area contributed by atoms with E-state index in [4.69, 9.17) is 12.2 Å². The largest absolute Gasteiger partial charge is 0.392 e. The summed E-state index contributed by atoms with van der Waals surface area (Å²) in [5.74, 6) is -1.08. The van der Waals surface area contributed by atoms with Crippen molar-refractivity contribution in [3.63, 3.8) is 0 Å². The fraction of sp³-hybridized carbons (Fsp3) is 0.0476. The first kappa shape index (κ1) is 19.5. The lowest BCUT2D eigenvalue weighted by Crippen LogP contribution is -2.19. The standard InChI is InChI=1S/C21H18FN3O2S/c22-19-7-2-1-6-18(19)20(27)23-15-8-10-16(11-9-15)24-21(28)25-17-5-3-4-14(12-17)13-26/h1-12,26H,13H2,(H,23,27)(H2,24,25,28). The van der Waals surface area contributed by atoms with E-state index in [9.17, 15) is 14.3 Å². The van der Waals surface area contributed by atoms with Gasteiger partial charge in [-0.05, 0) is 66.3 Å². The lowest BCUT2D eigenvalue weighted by molar-refractivity contribution is 0.102. The third-order valence-electron chi connectivity index (χ3n) is 3.89. The Morgan fingerprint density at radius 2 is 1.50 bits per heavy atom. The van der Waals surface area contributed by atoms with Gasteiger partial charge >= 0.3 is 0 Å². The number of hydrogen-bond acceptors (Lipinski definition) is 3. The fourth-order valence-corrected chi connectivity index (χ4v) is 2.76. The molecule has 0 aliphatic heterocycles. The van der Waals surface area contributed by atoms with E-state index in [1.165, 1.54) is 18.2 Å². The highest BCUT2D eigenvalue weighted by Gasteiger charge is 2.10. The van der Waals surface area contributed by atoms with Gasteiger partial charge in [0.05, 0.1) is 12.2 Å². The van der Waals surface area contributed by atoms with Gasteiger partial charge in [-0.2, -0.15) is 0 Å². The number of aliphatic hydroxyl groups is 1. The van der Waals surface area contributed by atoms with Crippen LogP contribution in [0, 0.1) is 5.82 Å². The van der Waals surface area contributed by atoms with Crippen LogP contribution in [0.5, 0.6) is 0 Å². The van der Waals surface area contributed by atoms with Crippen molar-refractivity contribution in [2.75, 3.05) is 16.0 Å². The van der Waals surface area contributed by atoms with Crippen molar-refractivity contribution in [1.82, 2.24) is 0 Å². The molecular weight excluding hydrogens is 377 g/mol. The minimum absolute atomic E-state index is 0.0137. The zero-order valence-electron chi connectivity index (χ0n) is 14.8. The minimum Gasteiger partial charge on any atom is -0.392 e. The average Bonchev–Trinajstić information content (AvgIpc) is 2.70. The Balaban J connectivity index is 1.58. The lowest BCUT2D eigenvalue weighted by atomic mass is 10.2. The molecule has 4 N–H and O–H groups in total. The maximum atomic E-state index is 13.7. The predicted octanol–water partition coefficient (Wildman–Crippen LogP) is 4.38. The molecule has 0 unspecified atom stereocenters. The zero-order chi connectivity index (χ0) is 19.9. The first-order valence-electron chi connectivity index (χ1n) is 8.49. The summed E-state index contributed by atoms with van der Waals surface area (Å²) in [5.41, 5.74) is 2.79. The molecule has 5 nitrogen and oxygen atoms in total. The fourth-order valence-electron chi connectivity index (χ4n) is 2.52. The van der Waals surface area contributed by atoms with Crippen LogP contribution >= 0.6 is 12.2 Å². The molecule has 0 fully saturated rings. The van der Waals surface area contributed by atoms with Gasteiger partial charge < -0.3 is 21.1 Å². The molecule has 0 aliphatic carbocycles. The summed E-state index contributed by atoms with van der Waals surface area (Å²) in [6.07, 6.45) is 0. The number of nitrogens with one attached hydrogen (secondary N) is 3. The van der Waals surface area contributed by atoms with Crippen LogP contribution in [-0.4, -0.2) is 16.1 Å². The molecule has 0 aromatic heterocycles. The van der Waals surface area contributed by atoms with E-state index in [1.807, 2.05) is 18.2 Å². The number of aliphatic hydroxyl groups excluding tert-OH is 1. The molecule has 1 amide bonds. The molecule has 0 radical (unpaired) electrons. The Morgan fingerprint density at radius 3 is 2.18 bits per heavy atom. The maximum Gasteiger partial charge on any atom is 0.258 e. The first-order chi connectivity index (χ1) is 13.5. The van der Waals surface area contributed by atoms with Crippen LogP contribution in [0.25, 0.3) is 0 Å². The van der Waals surface area contributed by atoms with Crippen molar-refractivity contribution in [2.45, 2.75) is 6.61 Å². The van der Waals surface area contributed by atoms with Gasteiger partial charge in [-0.3, -0.25) is 4.79 Å². The molecule has 28 heavy (non-hydrogen) atoms. The minimum atomic E-state index is -0.569. The smallest absolute Gasteiger partial charge is 0.258 e. The molecular formula is C21H18FN3O2S. The predicted molar refractivity (Wildman–Crippen MR) is 113 cm³/mol. The van der Waals surface area contributed by atoms with Crippen LogP contribution in [0.3, 0.4) is 0 Å². The molecule has 3 rings (SSSR count).